The molecule has 0 bridgehead atoms. The van der Waals surface area contributed by atoms with Crippen LogP contribution >= 0.6 is 0 Å². The third-order valence-electron chi connectivity index (χ3n) is 3.70. The number of esters is 1. The largest absolute Gasteiger partial charge is 0.497 e. The van der Waals surface area contributed by atoms with Gasteiger partial charge in [-0.1, -0.05) is 18.2 Å². The summed E-state index contributed by atoms with van der Waals surface area (Å²) in [6.45, 7) is 3.07. The zero-order valence-electron chi connectivity index (χ0n) is 14.3. The summed E-state index contributed by atoms with van der Waals surface area (Å²) in [5, 5.41) is 0. The van der Waals surface area contributed by atoms with Crippen LogP contribution in [0.25, 0.3) is 0 Å². The maximum atomic E-state index is 12.2. The Kier molecular flexibility index (Phi) is 6.49. The first-order valence-corrected chi connectivity index (χ1v) is 7.84. The number of hydrogen-bond acceptors (Lipinski definition) is 5. The molecule has 0 aliphatic carbocycles. The Hall–Kier alpha value is -2.69. The molecule has 5 nitrogen and oxygen atoms in total. The molecule has 0 aliphatic rings. The fourth-order valence-electron chi connectivity index (χ4n) is 2.38. The first kappa shape index (κ1) is 17.7. The monoisotopic (exact) mass is 329 g/mol. The number of rotatable bonds is 8. The minimum absolute atomic E-state index is 0.144. The maximum Gasteiger partial charge on any atom is 0.325 e. The van der Waals surface area contributed by atoms with Crippen molar-refractivity contribution in [2.24, 2.45) is 0 Å². The molecule has 0 heterocycles. The Morgan fingerprint density at radius 2 is 1.79 bits per heavy atom. The fraction of sp³-hybridized carbons (Fsp3) is 0.316. The first-order valence-electron chi connectivity index (χ1n) is 7.84. The SMILES string of the molecule is CCN(CC(=O)OCc1cc(OC)ccc1OC)c1ccccc1. The molecular formula is C19H23NO4. The van der Waals surface area contributed by atoms with E-state index in [4.69, 9.17) is 14.2 Å². The van der Waals surface area contributed by atoms with Crippen molar-refractivity contribution in [1.29, 1.82) is 0 Å². The predicted octanol–water partition coefficient (Wildman–Crippen LogP) is 3.27. The Bertz CT molecular complexity index is 658. The van der Waals surface area contributed by atoms with Gasteiger partial charge in [-0.05, 0) is 37.3 Å². The van der Waals surface area contributed by atoms with Crippen molar-refractivity contribution in [3.63, 3.8) is 0 Å². The van der Waals surface area contributed by atoms with E-state index in [1.54, 1.807) is 32.4 Å². The van der Waals surface area contributed by atoms with Gasteiger partial charge in [0.1, 0.15) is 24.7 Å². The number of likely N-dealkylation sites (N-methyl/N-ethyl adjacent to an activating group) is 1. The van der Waals surface area contributed by atoms with E-state index in [-0.39, 0.29) is 19.1 Å². The average Bonchev–Trinajstić information content (AvgIpc) is 2.64. The molecule has 0 saturated carbocycles. The van der Waals surface area contributed by atoms with Gasteiger partial charge in [0.2, 0.25) is 0 Å². The lowest BCUT2D eigenvalue weighted by atomic mass is 10.2. The quantitative estimate of drug-likeness (QED) is 0.696. The standard InChI is InChI=1S/C19H23NO4/c1-4-20(16-8-6-5-7-9-16)13-19(21)24-14-15-12-17(22-2)10-11-18(15)23-3/h5-12H,4,13-14H2,1-3H3. The van der Waals surface area contributed by atoms with Gasteiger partial charge < -0.3 is 19.1 Å². The lowest BCUT2D eigenvalue weighted by Gasteiger charge is -2.22. The van der Waals surface area contributed by atoms with Gasteiger partial charge in [-0.2, -0.15) is 0 Å². The minimum Gasteiger partial charge on any atom is -0.497 e. The fourth-order valence-corrected chi connectivity index (χ4v) is 2.38. The third kappa shape index (κ3) is 4.65. The summed E-state index contributed by atoms with van der Waals surface area (Å²) in [6.07, 6.45) is 0. The summed E-state index contributed by atoms with van der Waals surface area (Å²) in [5.41, 5.74) is 1.77. The number of ether oxygens (including phenoxy) is 3. The normalized spacial score (nSPS) is 10.1. The number of nitrogens with zero attached hydrogens (tertiary/aromatic N) is 1. The van der Waals surface area contributed by atoms with Crippen LogP contribution in [-0.4, -0.2) is 33.3 Å². The smallest absolute Gasteiger partial charge is 0.325 e. The molecule has 0 spiro atoms. The van der Waals surface area contributed by atoms with E-state index in [0.29, 0.717) is 11.5 Å². The molecule has 2 aromatic rings. The van der Waals surface area contributed by atoms with Gasteiger partial charge in [0.05, 0.1) is 14.2 Å². The van der Waals surface area contributed by atoms with Crippen LogP contribution in [0.5, 0.6) is 11.5 Å². The first-order chi connectivity index (χ1) is 11.7. The number of hydrogen-bond donors (Lipinski definition) is 0. The summed E-state index contributed by atoms with van der Waals surface area (Å²) >= 11 is 0. The van der Waals surface area contributed by atoms with Crippen molar-refractivity contribution < 1.29 is 19.0 Å². The number of benzene rings is 2. The van der Waals surface area contributed by atoms with Crippen molar-refractivity contribution in [2.75, 3.05) is 32.2 Å². The number of carbonyl (C=O) groups is 1. The maximum absolute atomic E-state index is 12.2. The van der Waals surface area contributed by atoms with Crippen molar-refractivity contribution in [1.82, 2.24) is 0 Å². The molecule has 0 N–H and O–H groups in total. The van der Waals surface area contributed by atoms with Gasteiger partial charge in [-0.15, -0.1) is 0 Å². The van der Waals surface area contributed by atoms with Crippen LogP contribution in [0.3, 0.4) is 0 Å². The summed E-state index contributed by atoms with van der Waals surface area (Å²) in [4.78, 5) is 14.1. The van der Waals surface area contributed by atoms with Gasteiger partial charge in [-0.3, -0.25) is 4.79 Å². The average molecular weight is 329 g/mol. The molecule has 0 aromatic heterocycles. The highest BCUT2D eigenvalue weighted by Crippen LogP contribution is 2.24. The number of anilines is 1. The number of carbonyl (C=O) groups excluding carboxylic acids is 1. The number of para-hydroxylation sites is 1. The van der Waals surface area contributed by atoms with E-state index in [9.17, 15) is 4.79 Å². The van der Waals surface area contributed by atoms with Crippen LogP contribution in [0.1, 0.15) is 12.5 Å². The minimum atomic E-state index is -0.287. The zero-order valence-corrected chi connectivity index (χ0v) is 14.3. The third-order valence-corrected chi connectivity index (χ3v) is 3.70. The summed E-state index contributed by atoms with van der Waals surface area (Å²) < 4.78 is 15.9. The summed E-state index contributed by atoms with van der Waals surface area (Å²) in [7, 11) is 3.18. The number of methoxy groups -OCH3 is 2. The van der Waals surface area contributed by atoms with E-state index < -0.39 is 0 Å². The molecule has 0 atom stereocenters. The Labute approximate surface area is 142 Å². The van der Waals surface area contributed by atoms with Crippen LogP contribution in [0.4, 0.5) is 5.69 Å². The van der Waals surface area contributed by atoms with E-state index in [0.717, 1.165) is 17.8 Å². The summed E-state index contributed by atoms with van der Waals surface area (Å²) in [6, 6.07) is 15.2. The van der Waals surface area contributed by atoms with E-state index in [1.807, 2.05) is 42.2 Å². The predicted molar refractivity (Wildman–Crippen MR) is 93.7 cm³/mol. The second kappa shape index (κ2) is 8.82. The molecule has 24 heavy (non-hydrogen) atoms. The molecule has 0 unspecified atom stereocenters. The lowest BCUT2D eigenvalue weighted by molar-refractivity contribution is -0.143. The molecule has 0 saturated heterocycles. The van der Waals surface area contributed by atoms with Crippen LogP contribution in [0, 0.1) is 0 Å². The Morgan fingerprint density at radius 1 is 1.04 bits per heavy atom. The van der Waals surface area contributed by atoms with Crippen LogP contribution < -0.4 is 14.4 Å². The highest BCUT2D eigenvalue weighted by atomic mass is 16.5. The highest BCUT2D eigenvalue weighted by molar-refractivity contribution is 5.75. The zero-order chi connectivity index (χ0) is 17.4. The van der Waals surface area contributed by atoms with Gasteiger partial charge in [0.15, 0.2) is 0 Å². The van der Waals surface area contributed by atoms with Crippen molar-refractivity contribution >= 4 is 11.7 Å². The van der Waals surface area contributed by atoms with Crippen LogP contribution in [0.15, 0.2) is 48.5 Å². The lowest BCUT2D eigenvalue weighted by Crippen LogP contribution is -2.30. The molecule has 0 amide bonds. The van der Waals surface area contributed by atoms with E-state index in [2.05, 4.69) is 0 Å². The second-order valence-electron chi connectivity index (χ2n) is 5.19. The van der Waals surface area contributed by atoms with Gasteiger partial charge in [-0.25, -0.2) is 0 Å². The van der Waals surface area contributed by atoms with Crippen molar-refractivity contribution in [3.8, 4) is 11.5 Å². The molecule has 0 radical (unpaired) electrons. The van der Waals surface area contributed by atoms with Crippen molar-refractivity contribution in [3.05, 3.63) is 54.1 Å². The molecule has 0 aliphatic heterocycles. The molecule has 128 valence electrons. The van der Waals surface area contributed by atoms with Gasteiger partial charge in [0.25, 0.3) is 0 Å². The molecule has 2 aromatic carbocycles. The molecule has 0 fully saturated rings. The van der Waals surface area contributed by atoms with E-state index >= 15 is 0 Å². The van der Waals surface area contributed by atoms with Gasteiger partial charge >= 0.3 is 5.97 Å². The van der Waals surface area contributed by atoms with Crippen LogP contribution in [0.2, 0.25) is 0 Å². The summed E-state index contributed by atoms with van der Waals surface area (Å²) in [5.74, 6) is 1.07. The molecule has 5 heteroatoms. The van der Waals surface area contributed by atoms with E-state index in [1.165, 1.54) is 0 Å². The molecular weight excluding hydrogens is 306 g/mol. The highest BCUT2D eigenvalue weighted by Gasteiger charge is 2.13. The van der Waals surface area contributed by atoms with Crippen LogP contribution in [-0.2, 0) is 16.1 Å². The Balaban J connectivity index is 1.98. The van der Waals surface area contributed by atoms with Gasteiger partial charge in [0, 0.05) is 17.8 Å². The topological polar surface area (TPSA) is 48.0 Å². The van der Waals surface area contributed by atoms with Crippen molar-refractivity contribution in [2.45, 2.75) is 13.5 Å². The second-order valence-corrected chi connectivity index (χ2v) is 5.19. The Morgan fingerprint density at radius 3 is 2.42 bits per heavy atom. The molecule has 2 rings (SSSR count).